The number of hydrogen-bond donors (Lipinski definition) is 0. The van der Waals surface area contributed by atoms with Gasteiger partial charge >= 0.3 is 0 Å². The van der Waals surface area contributed by atoms with Gasteiger partial charge in [0.25, 0.3) is 10.5 Å². The Bertz CT molecular complexity index is 1850. The molecule has 6 rings (SSSR count). The first-order chi connectivity index (χ1) is 20.2. The van der Waals surface area contributed by atoms with Crippen molar-refractivity contribution in [2.24, 2.45) is 0 Å². The van der Waals surface area contributed by atoms with Crippen LogP contribution < -0.4 is 0 Å². The largest absolute Gasteiger partial charge is 0.436 e. The molecule has 0 aliphatic rings. The number of halogens is 4. The van der Waals surface area contributed by atoms with Crippen molar-refractivity contribution in [1.82, 2.24) is 9.97 Å². The van der Waals surface area contributed by atoms with Gasteiger partial charge in [0.05, 0.1) is 10.0 Å². The molecular weight excluding hydrogens is 618 g/mol. The number of oxazole rings is 2. The summed E-state index contributed by atoms with van der Waals surface area (Å²) in [7, 11) is 0. The van der Waals surface area contributed by atoms with Gasteiger partial charge in [0.2, 0.25) is 11.8 Å². The molecule has 0 bridgehead atoms. The highest BCUT2D eigenvalue weighted by Crippen LogP contribution is 2.31. The first-order valence-electron chi connectivity index (χ1n) is 12.9. The lowest BCUT2D eigenvalue weighted by Gasteiger charge is -2.03. The fraction of sp³-hybridized carbons (Fsp3) is 0.125. The summed E-state index contributed by atoms with van der Waals surface area (Å²) in [6, 6.07) is 21.0. The number of rotatable bonds is 6. The molecule has 212 valence electrons. The van der Waals surface area contributed by atoms with Gasteiger partial charge in [-0.2, -0.15) is 0 Å². The zero-order chi connectivity index (χ0) is 30.0. The van der Waals surface area contributed by atoms with Crippen LogP contribution in [0.3, 0.4) is 0 Å². The summed E-state index contributed by atoms with van der Waals surface area (Å²) in [4.78, 5) is 31.0. The minimum atomic E-state index is -0.507. The summed E-state index contributed by atoms with van der Waals surface area (Å²) >= 11 is 22.7. The molecular formula is C32H22Cl4N2O4. The van der Waals surface area contributed by atoms with E-state index in [4.69, 9.17) is 55.2 Å². The molecule has 0 amide bonds. The number of nitrogens with zero attached hydrogens (tertiary/aromatic N) is 2. The van der Waals surface area contributed by atoms with Gasteiger partial charge in [-0.05, 0) is 114 Å². The van der Waals surface area contributed by atoms with Crippen molar-refractivity contribution < 1.29 is 18.4 Å². The van der Waals surface area contributed by atoms with E-state index in [1.165, 1.54) is 11.1 Å². The van der Waals surface area contributed by atoms with Crippen molar-refractivity contribution in [2.75, 3.05) is 0 Å². The van der Waals surface area contributed by atoms with Crippen LogP contribution in [0.4, 0.5) is 0 Å². The Morgan fingerprint density at radius 2 is 1.02 bits per heavy atom. The number of benzene rings is 4. The lowest BCUT2D eigenvalue weighted by atomic mass is 10.0. The van der Waals surface area contributed by atoms with Gasteiger partial charge in [-0.1, -0.05) is 37.0 Å². The standard InChI is InChI=1S/C18H16ClNO2.C14H6Cl3NO2/c1-3-11-9-15-16(10-12(11)4-2)22-18(20-15)14-7-5-13(6-8-14)17(19)21;15-9-5-11-12(6-10(9)16)20-14(18-11)8-3-1-7(2-4-8)13(17)19/h5-10H,3-4H2,1-2H3;1-6H. The molecule has 4 aromatic carbocycles. The van der Waals surface area contributed by atoms with E-state index in [2.05, 4.69) is 35.9 Å². The lowest BCUT2D eigenvalue weighted by Crippen LogP contribution is -1.90. The molecule has 0 aliphatic heterocycles. The molecule has 2 aromatic heterocycles. The second kappa shape index (κ2) is 12.7. The molecule has 0 fully saturated rings. The third-order valence-electron chi connectivity index (χ3n) is 6.62. The van der Waals surface area contributed by atoms with Gasteiger partial charge in [-0.3, -0.25) is 9.59 Å². The van der Waals surface area contributed by atoms with Crippen molar-refractivity contribution in [2.45, 2.75) is 26.7 Å². The first-order valence-corrected chi connectivity index (χ1v) is 14.5. The summed E-state index contributed by atoms with van der Waals surface area (Å²) in [5, 5.41) is -0.149. The van der Waals surface area contributed by atoms with Crippen LogP contribution in [0.2, 0.25) is 10.0 Å². The van der Waals surface area contributed by atoms with E-state index in [9.17, 15) is 9.59 Å². The molecule has 6 aromatic rings. The van der Waals surface area contributed by atoms with Crippen LogP contribution in [-0.2, 0) is 12.8 Å². The van der Waals surface area contributed by atoms with Gasteiger partial charge in [0.15, 0.2) is 11.2 Å². The molecule has 0 saturated heterocycles. The predicted molar refractivity (Wildman–Crippen MR) is 168 cm³/mol. The number of fused-ring (bicyclic) bond motifs is 2. The number of carbonyl (C=O) groups is 2. The van der Waals surface area contributed by atoms with E-state index >= 15 is 0 Å². The van der Waals surface area contributed by atoms with E-state index in [1.807, 2.05) is 0 Å². The van der Waals surface area contributed by atoms with E-state index in [0.29, 0.717) is 44.1 Å². The zero-order valence-electron chi connectivity index (χ0n) is 22.4. The van der Waals surface area contributed by atoms with Crippen molar-refractivity contribution in [1.29, 1.82) is 0 Å². The van der Waals surface area contributed by atoms with Crippen LogP contribution in [-0.4, -0.2) is 20.5 Å². The van der Waals surface area contributed by atoms with E-state index in [-0.39, 0.29) is 0 Å². The average molecular weight is 640 g/mol. The molecule has 0 unspecified atom stereocenters. The summed E-state index contributed by atoms with van der Waals surface area (Å²) in [5.74, 6) is 0.978. The van der Waals surface area contributed by atoms with Crippen LogP contribution >= 0.6 is 46.4 Å². The molecule has 0 spiro atoms. The molecule has 0 N–H and O–H groups in total. The second-order valence-corrected chi connectivity index (χ2v) is 10.8. The SMILES string of the molecule is CCc1cc2nc(-c3ccc(C(=O)Cl)cc3)oc2cc1CC.O=C(Cl)c1ccc(-c2nc3cc(Cl)c(Cl)cc3o2)cc1. The maximum Gasteiger partial charge on any atom is 0.252 e. The fourth-order valence-electron chi connectivity index (χ4n) is 4.38. The van der Waals surface area contributed by atoms with E-state index < -0.39 is 10.5 Å². The molecule has 10 heteroatoms. The van der Waals surface area contributed by atoms with Gasteiger partial charge < -0.3 is 8.83 Å². The smallest absolute Gasteiger partial charge is 0.252 e. The normalized spacial score (nSPS) is 11.0. The number of aryl methyl sites for hydroxylation is 2. The Labute approximate surface area is 261 Å². The molecule has 0 aliphatic carbocycles. The zero-order valence-corrected chi connectivity index (χ0v) is 25.4. The average Bonchev–Trinajstić information content (AvgIpc) is 3.60. The van der Waals surface area contributed by atoms with Crippen molar-refractivity contribution in [3.05, 3.63) is 105 Å². The fourth-order valence-corrected chi connectivity index (χ4v) is 4.94. The maximum absolute atomic E-state index is 11.1. The molecule has 6 nitrogen and oxygen atoms in total. The third-order valence-corrected chi connectivity index (χ3v) is 7.78. The Morgan fingerprint density at radius 1 is 0.619 bits per heavy atom. The minimum absolute atomic E-state index is 0.407. The third kappa shape index (κ3) is 6.37. The molecule has 0 atom stereocenters. The van der Waals surface area contributed by atoms with E-state index in [0.717, 1.165) is 35.1 Å². The topological polar surface area (TPSA) is 86.2 Å². The highest BCUT2D eigenvalue weighted by molar-refractivity contribution is 6.68. The minimum Gasteiger partial charge on any atom is -0.436 e. The van der Waals surface area contributed by atoms with Crippen LogP contribution in [0.25, 0.3) is 45.1 Å². The molecule has 2 heterocycles. The Balaban J connectivity index is 0.000000169. The summed E-state index contributed by atoms with van der Waals surface area (Å²) in [6.07, 6.45) is 1.95. The molecule has 0 saturated carbocycles. The Kier molecular flexibility index (Phi) is 8.99. The molecule has 0 radical (unpaired) electrons. The first kappa shape index (κ1) is 29.8. The van der Waals surface area contributed by atoms with Crippen LogP contribution in [0.15, 0.2) is 81.6 Å². The van der Waals surface area contributed by atoms with E-state index in [1.54, 1.807) is 60.7 Å². The predicted octanol–water partition coefficient (Wildman–Crippen LogP) is 10.2. The van der Waals surface area contributed by atoms with Crippen LogP contribution in [0.1, 0.15) is 45.7 Å². The van der Waals surface area contributed by atoms with Crippen LogP contribution in [0, 0.1) is 0 Å². The summed E-state index contributed by atoms with van der Waals surface area (Å²) in [5.41, 5.74) is 7.85. The Morgan fingerprint density at radius 3 is 1.48 bits per heavy atom. The van der Waals surface area contributed by atoms with Crippen molar-refractivity contribution in [3.8, 4) is 22.9 Å². The quantitative estimate of drug-likeness (QED) is 0.169. The van der Waals surface area contributed by atoms with Gasteiger partial charge in [-0.25, -0.2) is 9.97 Å². The maximum atomic E-state index is 11.1. The Hall–Kier alpha value is -3.68. The van der Waals surface area contributed by atoms with Crippen molar-refractivity contribution >= 4 is 79.1 Å². The van der Waals surface area contributed by atoms with Crippen molar-refractivity contribution in [3.63, 3.8) is 0 Å². The number of aromatic nitrogens is 2. The van der Waals surface area contributed by atoms with Crippen LogP contribution in [0.5, 0.6) is 0 Å². The van der Waals surface area contributed by atoms with Gasteiger partial charge in [0, 0.05) is 28.3 Å². The summed E-state index contributed by atoms with van der Waals surface area (Å²) in [6.45, 7) is 4.28. The highest BCUT2D eigenvalue weighted by Gasteiger charge is 2.13. The second-order valence-electron chi connectivity index (χ2n) is 9.27. The highest BCUT2D eigenvalue weighted by atomic mass is 35.5. The van der Waals surface area contributed by atoms with Gasteiger partial charge in [-0.15, -0.1) is 0 Å². The number of carbonyl (C=O) groups excluding carboxylic acids is 2. The van der Waals surface area contributed by atoms with Gasteiger partial charge in [0.1, 0.15) is 11.0 Å². The molecule has 42 heavy (non-hydrogen) atoms. The lowest BCUT2D eigenvalue weighted by molar-refractivity contribution is 0.107. The number of hydrogen-bond acceptors (Lipinski definition) is 6. The monoisotopic (exact) mass is 638 g/mol. The summed E-state index contributed by atoms with van der Waals surface area (Å²) < 4.78 is 11.5.